The fraction of sp³-hybridized carbons (Fsp3) is 0.692. The molecule has 0 bridgehead atoms. The number of benzene rings is 1. The van der Waals surface area contributed by atoms with E-state index in [1.54, 1.807) is 0 Å². The molecule has 1 saturated heterocycles. The molecule has 0 radical (unpaired) electrons. The van der Waals surface area contributed by atoms with Gasteiger partial charge in [-0.15, -0.1) is 0 Å². The Kier molecular flexibility index (Phi) is 6.91. The average molecular weight is 441 g/mol. The van der Waals surface area contributed by atoms with E-state index in [0.717, 1.165) is 54.6 Å². The van der Waals surface area contributed by atoms with Gasteiger partial charge in [0.1, 0.15) is 0 Å². The van der Waals surface area contributed by atoms with E-state index in [2.05, 4.69) is 30.1 Å². The van der Waals surface area contributed by atoms with Gasteiger partial charge in [-0.1, -0.05) is 19.9 Å². The summed E-state index contributed by atoms with van der Waals surface area (Å²) in [5, 5.41) is 2.89. The highest BCUT2D eigenvalue weighted by Crippen LogP contribution is 2.44. The number of fused-ring (bicyclic) bond motifs is 2. The minimum Gasteiger partial charge on any atom is -0.336 e. The molecule has 0 atom stereocenters. The lowest BCUT2D eigenvalue weighted by molar-refractivity contribution is -0.142. The zero-order valence-electron chi connectivity index (χ0n) is 20.0. The highest BCUT2D eigenvalue weighted by atomic mass is 16.2. The van der Waals surface area contributed by atoms with Gasteiger partial charge in [0.2, 0.25) is 11.8 Å². The van der Waals surface area contributed by atoms with Gasteiger partial charge >= 0.3 is 0 Å². The molecule has 0 unspecified atom stereocenters. The molecular formula is C26H40N4O2. The summed E-state index contributed by atoms with van der Waals surface area (Å²) in [7, 11) is 0. The topological polar surface area (TPSA) is 78.7 Å². The normalized spacial score (nSPS) is 25.8. The van der Waals surface area contributed by atoms with Crippen LogP contribution in [0.25, 0.3) is 0 Å². The summed E-state index contributed by atoms with van der Waals surface area (Å²) in [5.41, 5.74) is 8.50. The lowest BCUT2D eigenvalue weighted by Crippen LogP contribution is -2.57. The molecule has 3 N–H and O–H groups in total. The van der Waals surface area contributed by atoms with Crippen molar-refractivity contribution in [2.24, 2.45) is 17.6 Å². The molecular weight excluding hydrogens is 400 g/mol. The Morgan fingerprint density at radius 3 is 2.47 bits per heavy atom. The number of hydrogen-bond donors (Lipinski definition) is 2. The second-order valence-corrected chi connectivity index (χ2v) is 10.5. The van der Waals surface area contributed by atoms with Crippen LogP contribution in [0, 0.1) is 11.8 Å². The molecule has 2 aliphatic heterocycles. The third-order valence-corrected chi connectivity index (χ3v) is 8.25. The molecule has 1 spiro atoms. The quantitative estimate of drug-likeness (QED) is 0.735. The summed E-state index contributed by atoms with van der Waals surface area (Å²) >= 11 is 0. The molecule has 1 aromatic rings. The second kappa shape index (κ2) is 9.52. The largest absolute Gasteiger partial charge is 0.336 e. The summed E-state index contributed by atoms with van der Waals surface area (Å²) in [4.78, 5) is 29.8. The first-order valence-corrected chi connectivity index (χ1v) is 12.5. The molecule has 3 aliphatic rings. The standard InChI is InChI=1S/C26H40N4O2/c1-18(2)20-4-7-23(8-5-20)29-13-10-26(11-14-29)24-9-6-22(28-19(3)31)16-21(24)17-30(15-12-27)25(26)32/h6,9,16,18,20,23H,4-5,7-8,10-15,17,27H2,1-3H3,(H,28,31)/t20-,23+. The number of anilines is 1. The smallest absolute Gasteiger partial charge is 0.233 e. The fourth-order valence-corrected chi connectivity index (χ4v) is 6.39. The number of nitrogens with one attached hydrogen (secondary N) is 1. The lowest BCUT2D eigenvalue weighted by Gasteiger charge is -2.49. The molecule has 4 rings (SSSR count). The Balaban J connectivity index is 1.53. The van der Waals surface area contributed by atoms with Crippen LogP contribution in [0.1, 0.15) is 70.4 Å². The monoisotopic (exact) mass is 440 g/mol. The van der Waals surface area contributed by atoms with Crippen molar-refractivity contribution in [3.05, 3.63) is 29.3 Å². The number of likely N-dealkylation sites (tertiary alicyclic amines) is 1. The molecule has 6 nitrogen and oxygen atoms in total. The number of rotatable bonds is 5. The molecule has 1 aliphatic carbocycles. The van der Waals surface area contributed by atoms with E-state index >= 15 is 0 Å². The van der Waals surface area contributed by atoms with Crippen LogP contribution in [0.4, 0.5) is 5.69 Å². The highest BCUT2D eigenvalue weighted by Gasteiger charge is 2.49. The number of carbonyl (C=O) groups is 2. The third kappa shape index (κ3) is 4.44. The van der Waals surface area contributed by atoms with Gasteiger partial charge in [-0.3, -0.25) is 9.59 Å². The first-order valence-electron chi connectivity index (χ1n) is 12.5. The van der Waals surface area contributed by atoms with Crippen LogP contribution in [0.5, 0.6) is 0 Å². The van der Waals surface area contributed by atoms with Crippen molar-refractivity contribution in [1.29, 1.82) is 0 Å². The lowest BCUT2D eigenvalue weighted by atomic mass is 9.67. The first-order chi connectivity index (χ1) is 15.3. The van der Waals surface area contributed by atoms with Crippen LogP contribution in [0.2, 0.25) is 0 Å². The van der Waals surface area contributed by atoms with Crippen molar-refractivity contribution in [2.45, 2.75) is 77.3 Å². The van der Waals surface area contributed by atoms with E-state index in [-0.39, 0.29) is 11.8 Å². The van der Waals surface area contributed by atoms with Crippen molar-refractivity contribution in [1.82, 2.24) is 9.80 Å². The molecule has 6 heteroatoms. The van der Waals surface area contributed by atoms with E-state index in [1.165, 1.54) is 32.6 Å². The number of nitrogens with two attached hydrogens (primary N) is 1. The summed E-state index contributed by atoms with van der Waals surface area (Å²) in [6.45, 7) is 9.80. The molecule has 2 fully saturated rings. The van der Waals surface area contributed by atoms with Gasteiger partial charge in [-0.05, 0) is 86.7 Å². The summed E-state index contributed by atoms with van der Waals surface area (Å²) in [5.74, 6) is 1.82. The number of amides is 2. The van der Waals surface area contributed by atoms with Gasteiger partial charge < -0.3 is 20.9 Å². The van der Waals surface area contributed by atoms with E-state index in [9.17, 15) is 9.59 Å². The van der Waals surface area contributed by atoms with Crippen LogP contribution in [-0.4, -0.2) is 53.8 Å². The van der Waals surface area contributed by atoms with Crippen molar-refractivity contribution in [2.75, 3.05) is 31.5 Å². The maximum Gasteiger partial charge on any atom is 0.233 e. The van der Waals surface area contributed by atoms with E-state index < -0.39 is 5.41 Å². The van der Waals surface area contributed by atoms with Crippen LogP contribution >= 0.6 is 0 Å². The van der Waals surface area contributed by atoms with Gasteiger partial charge in [-0.25, -0.2) is 0 Å². The Hall–Kier alpha value is -1.92. The molecule has 32 heavy (non-hydrogen) atoms. The van der Waals surface area contributed by atoms with Crippen molar-refractivity contribution in [3.63, 3.8) is 0 Å². The van der Waals surface area contributed by atoms with Crippen LogP contribution < -0.4 is 11.1 Å². The molecule has 176 valence electrons. The SMILES string of the molecule is CC(=O)Nc1ccc2c(c1)CN(CCN)C(=O)C21CCN([C@H]2CC[C@@H](C(C)C)CC2)CC1. The Bertz CT molecular complexity index is 836. The Morgan fingerprint density at radius 1 is 1.19 bits per heavy atom. The molecule has 2 amide bonds. The summed E-state index contributed by atoms with van der Waals surface area (Å²) < 4.78 is 0. The number of nitrogens with zero attached hydrogens (tertiary/aromatic N) is 2. The zero-order valence-corrected chi connectivity index (χ0v) is 20.0. The van der Waals surface area contributed by atoms with Crippen molar-refractivity contribution < 1.29 is 9.59 Å². The third-order valence-electron chi connectivity index (χ3n) is 8.25. The minimum atomic E-state index is -0.455. The van der Waals surface area contributed by atoms with Gasteiger partial charge in [0.05, 0.1) is 5.41 Å². The minimum absolute atomic E-state index is 0.0779. The predicted octanol–water partition coefficient (Wildman–Crippen LogP) is 3.49. The van der Waals surface area contributed by atoms with E-state index in [4.69, 9.17) is 5.73 Å². The van der Waals surface area contributed by atoms with Gasteiger partial charge in [0, 0.05) is 38.3 Å². The van der Waals surface area contributed by atoms with Crippen LogP contribution in [0.3, 0.4) is 0 Å². The number of hydrogen-bond acceptors (Lipinski definition) is 4. The first kappa shape index (κ1) is 23.2. The van der Waals surface area contributed by atoms with Gasteiger partial charge in [0.15, 0.2) is 0 Å². The Morgan fingerprint density at radius 2 is 1.88 bits per heavy atom. The van der Waals surface area contributed by atoms with Gasteiger partial charge in [0.25, 0.3) is 0 Å². The summed E-state index contributed by atoms with van der Waals surface area (Å²) in [6.07, 6.45) is 6.98. The summed E-state index contributed by atoms with van der Waals surface area (Å²) in [6, 6.07) is 6.76. The number of piperidine rings is 1. The molecule has 1 saturated carbocycles. The molecule has 0 aromatic heterocycles. The maximum atomic E-state index is 13.7. The van der Waals surface area contributed by atoms with Crippen LogP contribution in [-0.2, 0) is 21.5 Å². The van der Waals surface area contributed by atoms with Gasteiger partial charge in [-0.2, -0.15) is 0 Å². The number of carbonyl (C=O) groups excluding carboxylic acids is 2. The molecule has 2 heterocycles. The molecule has 1 aromatic carbocycles. The Labute approximate surface area is 192 Å². The average Bonchev–Trinajstić information content (AvgIpc) is 2.77. The predicted molar refractivity (Wildman–Crippen MR) is 128 cm³/mol. The maximum absolute atomic E-state index is 13.7. The fourth-order valence-electron chi connectivity index (χ4n) is 6.39. The van der Waals surface area contributed by atoms with Crippen molar-refractivity contribution in [3.8, 4) is 0 Å². The van der Waals surface area contributed by atoms with E-state index in [1.807, 2.05) is 17.0 Å². The second-order valence-electron chi connectivity index (χ2n) is 10.5. The van der Waals surface area contributed by atoms with E-state index in [0.29, 0.717) is 25.7 Å². The highest BCUT2D eigenvalue weighted by molar-refractivity contribution is 5.92. The zero-order chi connectivity index (χ0) is 22.9. The van der Waals surface area contributed by atoms with Crippen LogP contribution in [0.15, 0.2) is 18.2 Å². The van der Waals surface area contributed by atoms with Crippen molar-refractivity contribution >= 4 is 17.5 Å².